The Morgan fingerprint density at radius 3 is 2.53 bits per heavy atom. The van der Waals surface area contributed by atoms with Gasteiger partial charge in [-0.15, -0.1) is 0 Å². The Bertz CT molecular complexity index is 1050. The highest BCUT2D eigenvalue weighted by atomic mass is 16.5. The van der Waals surface area contributed by atoms with E-state index in [4.69, 9.17) is 14.2 Å². The lowest BCUT2D eigenvalue weighted by Gasteiger charge is -2.40. The third-order valence-electron chi connectivity index (χ3n) is 5.29. The van der Waals surface area contributed by atoms with Crippen LogP contribution in [-0.2, 0) is 4.79 Å². The molecule has 0 N–H and O–H groups in total. The predicted molar refractivity (Wildman–Crippen MR) is 120 cm³/mol. The van der Waals surface area contributed by atoms with E-state index in [0.717, 1.165) is 5.82 Å². The molecular weight excluding hydrogens is 408 g/mol. The second kappa shape index (κ2) is 10.00. The maximum Gasteiger partial charge on any atom is 0.260 e. The molecule has 4 rings (SSSR count). The van der Waals surface area contributed by atoms with Crippen molar-refractivity contribution in [3.05, 3.63) is 67.0 Å². The van der Waals surface area contributed by atoms with Gasteiger partial charge in [0.15, 0.2) is 18.1 Å². The summed E-state index contributed by atoms with van der Waals surface area (Å²) in [6, 6.07) is 18.6. The highest BCUT2D eigenvalue weighted by Gasteiger charge is 2.28. The number of hydrogen-bond acceptors (Lipinski definition) is 7. The first kappa shape index (κ1) is 21.4. The summed E-state index contributed by atoms with van der Waals surface area (Å²) in [4.78, 5) is 25.3. The average Bonchev–Trinajstić information content (AvgIpc) is 2.83. The molecular formula is C24H26N4O4. The number of para-hydroxylation sites is 3. The lowest BCUT2D eigenvalue weighted by molar-refractivity contribution is -0.135. The van der Waals surface area contributed by atoms with E-state index in [1.165, 1.54) is 6.33 Å². The Hall–Kier alpha value is -3.81. The molecule has 1 aromatic heterocycles. The van der Waals surface area contributed by atoms with Crippen molar-refractivity contribution in [1.82, 2.24) is 14.9 Å². The van der Waals surface area contributed by atoms with Gasteiger partial charge in [-0.25, -0.2) is 9.97 Å². The summed E-state index contributed by atoms with van der Waals surface area (Å²) in [7, 11) is 1.60. The Labute approximate surface area is 187 Å². The zero-order valence-corrected chi connectivity index (χ0v) is 18.2. The van der Waals surface area contributed by atoms with Crippen molar-refractivity contribution in [1.29, 1.82) is 0 Å². The topological polar surface area (TPSA) is 77.0 Å². The van der Waals surface area contributed by atoms with Gasteiger partial charge in [0, 0.05) is 31.7 Å². The molecule has 1 aliphatic rings. The van der Waals surface area contributed by atoms with E-state index >= 15 is 0 Å². The number of carbonyl (C=O) groups is 1. The number of ether oxygens (including phenoxy) is 3. The molecule has 1 fully saturated rings. The molecule has 2 aromatic carbocycles. The van der Waals surface area contributed by atoms with Crippen molar-refractivity contribution in [2.75, 3.05) is 38.3 Å². The second-order valence-electron chi connectivity index (χ2n) is 7.45. The predicted octanol–water partition coefficient (Wildman–Crippen LogP) is 3.39. The summed E-state index contributed by atoms with van der Waals surface area (Å²) < 4.78 is 16.9. The van der Waals surface area contributed by atoms with E-state index in [9.17, 15) is 4.79 Å². The molecule has 1 aliphatic heterocycles. The van der Waals surface area contributed by atoms with Crippen molar-refractivity contribution in [2.45, 2.75) is 13.0 Å². The monoisotopic (exact) mass is 434 g/mol. The van der Waals surface area contributed by atoms with Crippen LogP contribution in [0, 0.1) is 0 Å². The van der Waals surface area contributed by atoms with Crippen LogP contribution in [0.2, 0.25) is 0 Å². The number of nitrogens with zero attached hydrogens (tertiary/aromatic N) is 4. The van der Waals surface area contributed by atoms with E-state index in [2.05, 4.69) is 14.9 Å². The molecule has 166 valence electrons. The number of methoxy groups -OCH3 is 1. The van der Waals surface area contributed by atoms with Gasteiger partial charge in [0.1, 0.15) is 17.9 Å². The van der Waals surface area contributed by atoms with E-state index in [0.29, 0.717) is 42.8 Å². The molecule has 3 aromatic rings. The van der Waals surface area contributed by atoms with Crippen LogP contribution in [0.1, 0.15) is 6.92 Å². The lowest BCUT2D eigenvalue weighted by atomic mass is 10.2. The Balaban J connectivity index is 1.37. The van der Waals surface area contributed by atoms with Crippen LogP contribution in [0.4, 0.5) is 5.82 Å². The molecule has 1 unspecified atom stereocenters. The number of benzene rings is 2. The van der Waals surface area contributed by atoms with Gasteiger partial charge >= 0.3 is 0 Å². The van der Waals surface area contributed by atoms with Crippen LogP contribution in [0.25, 0.3) is 0 Å². The minimum absolute atomic E-state index is 0.0178. The van der Waals surface area contributed by atoms with E-state index in [1.807, 2.05) is 66.4 Å². The van der Waals surface area contributed by atoms with Gasteiger partial charge in [-0.1, -0.05) is 30.3 Å². The van der Waals surface area contributed by atoms with Crippen LogP contribution >= 0.6 is 0 Å². The molecule has 8 nitrogen and oxygen atoms in total. The zero-order valence-electron chi connectivity index (χ0n) is 18.2. The van der Waals surface area contributed by atoms with Crippen molar-refractivity contribution >= 4 is 11.7 Å². The summed E-state index contributed by atoms with van der Waals surface area (Å²) in [6.07, 6.45) is 1.48. The molecule has 2 heterocycles. The largest absolute Gasteiger partial charge is 0.493 e. The van der Waals surface area contributed by atoms with Gasteiger partial charge in [-0.2, -0.15) is 0 Å². The Morgan fingerprint density at radius 2 is 1.78 bits per heavy atom. The maximum absolute atomic E-state index is 12.7. The summed E-state index contributed by atoms with van der Waals surface area (Å²) in [5, 5.41) is 0. The van der Waals surface area contributed by atoms with Crippen LogP contribution in [-0.4, -0.2) is 60.2 Å². The number of rotatable bonds is 7. The average molecular weight is 434 g/mol. The van der Waals surface area contributed by atoms with Crippen molar-refractivity contribution < 1.29 is 19.0 Å². The smallest absolute Gasteiger partial charge is 0.260 e. The fourth-order valence-corrected chi connectivity index (χ4v) is 3.66. The SMILES string of the molecule is COc1ccccc1Oc1cc(N2CCN(C(=O)COc3ccccc3)C(C)C2)ncn1. The molecule has 0 radical (unpaired) electrons. The summed E-state index contributed by atoms with van der Waals surface area (Å²) in [5.41, 5.74) is 0. The molecule has 0 saturated carbocycles. The first-order valence-corrected chi connectivity index (χ1v) is 10.5. The lowest BCUT2D eigenvalue weighted by Crippen LogP contribution is -2.55. The van der Waals surface area contributed by atoms with Gasteiger partial charge in [0.25, 0.3) is 5.91 Å². The zero-order chi connectivity index (χ0) is 22.3. The minimum Gasteiger partial charge on any atom is -0.493 e. The summed E-state index contributed by atoms with van der Waals surface area (Å²) in [6.45, 7) is 3.96. The maximum atomic E-state index is 12.7. The fourth-order valence-electron chi connectivity index (χ4n) is 3.66. The first-order chi connectivity index (χ1) is 15.6. The van der Waals surface area contributed by atoms with Crippen molar-refractivity contribution in [3.63, 3.8) is 0 Å². The number of aromatic nitrogens is 2. The Morgan fingerprint density at radius 1 is 1.03 bits per heavy atom. The summed E-state index contributed by atoms with van der Waals surface area (Å²) in [5.74, 6) is 3.07. The number of amides is 1. The second-order valence-corrected chi connectivity index (χ2v) is 7.45. The van der Waals surface area contributed by atoms with Gasteiger partial charge in [0.05, 0.1) is 7.11 Å². The van der Waals surface area contributed by atoms with Crippen LogP contribution in [0.15, 0.2) is 67.0 Å². The van der Waals surface area contributed by atoms with Crippen LogP contribution < -0.4 is 19.1 Å². The van der Waals surface area contributed by atoms with Crippen LogP contribution in [0.3, 0.4) is 0 Å². The molecule has 0 spiro atoms. The molecule has 0 bridgehead atoms. The standard InChI is InChI=1S/C24H26N4O4/c1-18-15-27(12-13-28(18)24(29)16-31-19-8-4-3-5-9-19)22-14-23(26-17-25-22)32-21-11-7-6-10-20(21)30-2/h3-11,14,17-18H,12-13,15-16H2,1-2H3. The number of anilines is 1. The Kier molecular flexibility index (Phi) is 6.69. The van der Waals surface area contributed by atoms with Gasteiger partial charge in [0.2, 0.25) is 5.88 Å². The van der Waals surface area contributed by atoms with Gasteiger partial charge < -0.3 is 24.0 Å². The first-order valence-electron chi connectivity index (χ1n) is 10.5. The van der Waals surface area contributed by atoms with Crippen LogP contribution in [0.5, 0.6) is 23.1 Å². The highest BCUT2D eigenvalue weighted by Crippen LogP contribution is 2.31. The normalized spacial score (nSPS) is 15.9. The molecule has 1 saturated heterocycles. The number of carbonyl (C=O) groups excluding carboxylic acids is 1. The van der Waals surface area contributed by atoms with Gasteiger partial charge in [-0.05, 0) is 31.2 Å². The third-order valence-corrected chi connectivity index (χ3v) is 5.29. The summed E-state index contributed by atoms with van der Waals surface area (Å²) >= 11 is 0. The molecule has 8 heteroatoms. The van der Waals surface area contributed by atoms with Crippen molar-refractivity contribution in [2.24, 2.45) is 0 Å². The molecule has 1 atom stereocenters. The van der Waals surface area contributed by atoms with E-state index in [1.54, 1.807) is 13.2 Å². The molecule has 32 heavy (non-hydrogen) atoms. The fraction of sp³-hybridized carbons (Fsp3) is 0.292. The van der Waals surface area contributed by atoms with Gasteiger partial charge in [-0.3, -0.25) is 4.79 Å². The highest BCUT2D eigenvalue weighted by molar-refractivity contribution is 5.78. The molecule has 1 amide bonds. The minimum atomic E-state index is -0.0242. The van der Waals surface area contributed by atoms with Crippen molar-refractivity contribution in [3.8, 4) is 23.1 Å². The number of hydrogen-bond donors (Lipinski definition) is 0. The van der Waals surface area contributed by atoms with E-state index < -0.39 is 0 Å². The quantitative estimate of drug-likeness (QED) is 0.564. The molecule has 0 aliphatic carbocycles. The number of piperazine rings is 1. The van der Waals surface area contributed by atoms with E-state index in [-0.39, 0.29) is 18.6 Å². The third kappa shape index (κ3) is 5.08.